The van der Waals surface area contributed by atoms with Gasteiger partial charge >= 0.3 is 0 Å². The number of ether oxygens (including phenoxy) is 1. The van der Waals surface area contributed by atoms with Crippen molar-refractivity contribution in [2.45, 2.75) is 26.9 Å². The fraction of sp³-hybridized carbons (Fsp3) is 0.211. The fourth-order valence-electron chi connectivity index (χ4n) is 2.00. The van der Waals surface area contributed by atoms with E-state index in [2.05, 4.69) is 0 Å². The van der Waals surface area contributed by atoms with Gasteiger partial charge in [-0.1, -0.05) is 35.9 Å². The van der Waals surface area contributed by atoms with Crippen molar-refractivity contribution in [1.29, 1.82) is 0 Å². The molecule has 0 radical (unpaired) electrons. The molecule has 114 valence electrons. The van der Waals surface area contributed by atoms with Crippen LogP contribution >= 0.6 is 0 Å². The van der Waals surface area contributed by atoms with Crippen molar-refractivity contribution in [2.75, 3.05) is 0 Å². The Morgan fingerprint density at radius 3 is 2.41 bits per heavy atom. The average molecular weight is 296 g/mol. The highest BCUT2D eigenvalue weighted by atomic mass is 16.5. The molecule has 0 unspecified atom stereocenters. The Labute approximate surface area is 130 Å². The minimum atomic E-state index is -0.242. The van der Waals surface area contributed by atoms with E-state index in [0.29, 0.717) is 5.75 Å². The number of phenols is 1. The molecule has 1 N–H and O–H groups in total. The molecule has 0 aliphatic carbocycles. The van der Waals surface area contributed by atoms with Crippen LogP contribution in [0.1, 0.15) is 35.3 Å². The number of ketones is 1. The lowest BCUT2D eigenvalue weighted by Gasteiger charge is -2.10. The summed E-state index contributed by atoms with van der Waals surface area (Å²) >= 11 is 0. The molecule has 0 fully saturated rings. The smallest absolute Gasteiger partial charge is 0.189 e. The van der Waals surface area contributed by atoms with Gasteiger partial charge in [-0.15, -0.1) is 0 Å². The maximum Gasteiger partial charge on any atom is 0.189 e. The van der Waals surface area contributed by atoms with Crippen LogP contribution < -0.4 is 4.74 Å². The lowest BCUT2D eigenvalue weighted by Crippen LogP contribution is -2.05. The van der Waals surface area contributed by atoms with Gasteiger partial charge in [0.15, 0.2) is 5.78 Å². The normalized spacial score (nSPS) is 11.1. The number of aryl methyl sites for hydroxylation is 1. The summed E-state index contributed by atoms with van der Waals surface area (Å²) < 4.78 is 5.48. The van der Waals surface area contributed by atoms with E-state index in [1.165, 1.54) is 17.7 Å². The summed E-state index contributed by atoms with van der Waals surface area (Å²) in [5.41, 5.74) is 2.37. The van der Waals surface area contributed by atoms with Crippen LogP contribution in [0.15, 0.2) is 48.5 Å². The lowest BCUT2D eigenvalue weighted by molar-refractivity contribution is 0.104. The molecule has 0 atom stereocenters. The summed E-state index contributed by atoms with van der Waals surface area (Å²) in [5, 5.41) is 9.97. The van der Waals surface area contributed by atoms with E-state index < -0.39 is 0 Å². The quantitative estimate of drug-likeness (QED) is 0.657. The number of phenolic OH excluding ortho intramolecular Hbond substituents is 1. The zero-order chi connectivity index (χ0) is 16.1. The Hall–Kier alpha value is -2.55. The highest BCUT2D eigenvalue weighted by Crippen LogP contribution is 2.25. The minimum absolute atomic E-state index is 0.0161. The van der Waals surface area contributed by atoms with Crippen molar-refractivity contribution in [3.63, 3.8) is 0 Å². The van der Waals surface area contributed by atoms with Gasteiger partial charge in [0.2, 0.25) is 0 Å². The van der Waals surface area contributed by atoms with Gasteiger partial charge in [-0.3, -0.25) is 4.79 Å². The Balaban J connectivity index is 2.14. The summed E-state index contributed by atoms with van der Waals surface area (Å²) in [6.45, 7) is 5.82. The molecule has 0 aliphatic heterocycles. The number of aromatic hydroxyl groups is 1. The van der Waals surface area contributed by atoms with Gasteiger partial charge in [0, 0.05) is 6.07 Å². The number of benzene rings is 2. The van der Waals surface area contributed by atoms with E-state index in [4.69, 9.17) is 4.74 Å². The zero-order valence-corrected chi connectivity index (χ0v) is 13.0. The summed E-state index contributed by atoms with van der Waals surface area (Å²) in [6.07, 6.45) is 3.21. The molecule has 0 saturated carbocycles. The number of allylic oxidation sites excluding steroid dienone is 1. The van der Waals surface area contributed by atoms with E-state index in [1.54, 1.807) is 18.2 Å². The summed E-state index contributed by atoms with van der Waals surface area (Å²) in [7, 11) is 0. The van der Waals surface area contributed by atoms with Gasteiger partial charge in [0.1, 0.15) is 11.5 Å². The van der Waals surface area contributed by atoms with Crippen molar-refractivity contribution in [3.8, 4) is 11.5 Å². The summed E-state index contributed by atoms with van der Waals surface area (Å²) in [6, 6.07) is 12.6. The van der Waals surface area contributed by atoms with Crippen LogP contribution in [0.2, 0.25) is 0 Å². The van der Waals surface area contributed by atoms with Crippen molar-refractivity contribution in [1.82, 2.24) is 0 Å². The second-order valence-corrected chi connectivity index (χ2v) is 5.45. The van der Waals surface area contributed by atoms with Crippen LogP contribution in [-0.4, -0.2) is 17.0 Å². The largest absolute Gasteiger partial charge is 0.507 e. The summed E-state index contributed by atoms with van der Waals surface area (Å²) in [5.74, 6) is 0.234. The van der Waals surface area contributed by atoms with E-state index in [0.717, 1.165) is 5.56 Å². The molecule has 0 aliphatic rings. The van der Waals surface area contributed by atoms with Gasteiger partial charge in [-0.25, -0.2) is 0 Å². The second-order valence-electron chi connectivity index (χ2n) is 5.45. The first-order valence-electron chi connectivity index (χ1n) is 7.24. The molecule has 0 saturated heterocycles. The standard InChI is InChI=1S/C19H20O3/c1-13(2)22-16-9-10-17(19(21)12-16)18(20)11-8-15-6-4-14(3)5-7-15/h4-13,21H,1-3H3/b11-8+. The number of carbonyl (C=O) groups is 1. The van der Waals surface area contributed by atoms with Crippen LogP contribution in [0, 0.1) is 6.92 Å². The third-order valence-corrected chi connectivity index (χ3v) is 3.11. The molecule has 0 amide bonds. The predicted octanol–water partition coefficient (Wildman–Crippen LogP) is 4.38. The molecule has 0 spiro atoms. The van der Waals surface area contributed by atoms with E-state index in [9.17, 15) is 9.90 Å². The third kappa shape index (κ3) is 4.22. The molecule has 0 aromatic heterocycles. The molecule has 22 heavy (non-hydrogen) atoms. The van der Waals surface area contributed by atoms with Crippen LogP contribution in [0.3, 0.4) is 0 Å². The van der Waals surface area contributed by atoms with E-state index >= 15 is 0 Å². The van der Waals surface area contributed by atoms with Crippen LogP contribution in [0.4, 0.5) is 0 Å². The van der Waals surface area contributed by atoms with Gasteiger partial charge < -0.3 is 9.84 Å². The maximum absolute atomic E-state index is 12.2. The average Bonchev–Trinajstić information content (AvgIpc) is 2.46. The van der Waals surface area contributed by atoms with Crippen LogP contribution in [0.25, 0.3) is 6.08 Å². The molecule has 2 aromatic carbocycles. The van der Waals surface area contributed by atoms with E-state index in [1.807, 2.05) is 45.0 Å². The Morgan fingerprint density at radius 2 is 1.82 bits per heavy atom. The van der Waals surface area contributed by atoms with Gasteiger partial charge in [-0.2, -0.15) is 0 Å². The van der Waals surface area contributed by atoms with Gasteiger partial charge in [0.05, 0.1) is 11.7 Å². The number of rotatable bonds is 5. The lowest BCUT2D eigenvalue weighted by atomic mass is 10.1. The first-order valence-corrected chi connectivity index (χ1v) is 7.24. The molecule has 2 rings (SSSR count). The molecule has 0 bridgehead atoms. The molecule has 3 nitrogen and oxygen atoms in total. The first kappa shape index (κ1) is 15.8. The van der Waals surface area contributed by atoms with Crippen molar-refractivity contribution in [3.05, 3.63) is 65.2 Å². The van der Waals surface area contributed by atoms with Crippen molar-refractivity contribution < 1.29 is 14.6 Å². The second kappa shape index (κ2) is 6.94. The Kier molecular flexibility index (Phi) is 4.99. The predicted molar refractivity (Wildman–Crippen MR) is 88.4 cm³/mol. The number of hydrogen-bond acceptors (Lipinski definition) is 3. The van der Waals surface area contributed by atoms with Gasteiger partial charge in [-0.05, 0) is 44.5 Å². The van der Waals surface area contributed by atoms with Crippen molar-refractivity contribution in [2.24, 2.45) is 0 Å². The minimum Gasteiger partial charge on any atom is -0.507 e. The highest BCUT2D eigenvalue weighted by molar-refractivity contribution is 6.08. The SMILES string of the molecule is Cc1ccc(/C=C/C(=O)c2ccc(OC(C)C)cc2O)cc1. The monoisotopic (exact) mass is 296 g/mol. The molecule has 2 aromatic rings. The van der Waals surface area contributed by atoms with Crippen LogP contribution in [-0.2, 0) is 0 Å². The summed E-state index contributed by atoms with van der Waals surface area (Å²) in [4.78, 5) is 12.2. The number of hydrogen-bond donors (Lipinski definition) is 1. The molecule has 3 heteroatoms. The highest BCUT2D eigenvalue weighted by Gasteiger charge is 2.10. The van der Waals surface area contributed by atoms with E-state index in [-0.39, 0.29) is 23.2 Å². The maximum atomic E-state index is 12.2. The molecular formula is C19H20O3. The third-order valence-electron chi connectivity index (χ3n) is 3.11. The van der Waals surface area contributed by atoms with Crippen LogP contribution in [0.5, 0.6) is 11.5 Å². The molecule has 0 heterocycles. The fourth-order valence-corrected chi connectivity index (χ4v) is 2.00. The first-order chi connectivity index (χ1) is 10.5. The Bertz CT molecular complexity index is 682. The van der Waals surface area contributed by atoms with Gasteiger partial charge in [0.25, 0.3) is 0 Å². The van der Waals surface area contributed by atoms with Crippen molar-refractivity contribution >= 4 is 11.9 Å². The number of carbonyl (C=O) groups excluding carboxylic acids is 1. The topological polar surface area (TPSA) is 46.5 Å². The Morgan fingerprint density at radius 1 is 1.14 bits per heavy atom. The zero-order valence-electron chi connectivity index (χ0n) is 13.0. The molecular weight excluding hydrogens is 276 g/mol.